The summed E-state index contributed by atoms with van der Waals surface area (Å²) in [6.45, 7) is 0. The molecule has 0 saturated carbocycles. The molecule has 8 aromatic carbocycles. The van der Waals surface area contributed by atoms with E-state index in [1.807, 2.05) is 0 Å². The zero-order valence-corrected chi connectivity index (χ0v) is 40.2. The summed E-state index contributed by atoms with van der Waals surface area (Å²) in [6, 6.07) is 65.3. The highest BCUT2D eigenvalue weighted by Crippen LogP contribution is 2.44. The standard InChI is InChI=1S/C66H44N8/c1-5-21-41(22-6-1)59-62-61(69-65(67-59)73-55-35-19-16-32-48(55)52-39-57-51(40-58(52)73)47-31-15-17-33-53(47)71(57)43-25-9-3-10-26-43)60(42-23-7-2-8-24-42)68-66(70-62)74-56-36-20-14-30-46(56)50-38-37-49-45-29-13-18-34-54(45)72(63(49)64(50)74)44-27-11-4-12-28-44/h2-5,7-11,13-27,29-40H,1,6,12,28H2. The average Bonchev–Trinajstić information content (AvgIpc) is 4.22. The van der Waals surface area contributed by atoms with Gasteiger partial charge >= 0.3 is 0 Å². The van der Waals surface area contributed by atoms with E-state index in [1.165, 1.54) is 27.4 Å². The summed E-state index contributed by atoms with van der Waals surface area (Å²) in [5.74, 6) is 1.13. The Labute approximate surface area is 424 Å². The molecule has 0 N–H and O–H groups in total. The minimum Gasteiger partial charge on any atom is -0.311 e. The van der Waals surface area contributed by atoms with Gasteiger partial charge in [-0.25, -0.2) is 19.9 Å². The van der Waals surface area contributed by atoms with Gasteiger partial charge in [-0.2, -0.15) is 0 Å². The molecule has 0 aliphatic heterocycles. The lowest BCUT2D eigenvalue weighted by Gasteiger charge is -2.17. The molecule has 6 aromatic heterocycles. The van der Waals surface area contributed by atoms with Crippen LogP contribution in [0, 0.1) is 0 Å². The second-order valence-corrected chi connectivity index (χ2v) is 19.6. The summed E-state index contributed by atoms with van der Waals surface area (Å²) < 4.78 is 9.44. The van der Waals surface area contributed by atoms with Crippen LogP contribution in [-0.2, 0) is 0 Å². The molecule has 0 radical (unpaired) electrons. The molecule has 74 heavy (non-hydrogen) atoms. The topological polar surface area (TPSA) is 71.3 Å². The molecule has 8 heteroatoms. The number of para-hydroxylation sites is 5. The molecule has 2 aliphatic carbocycles. The van der Waals surface area contributed by atoms with Gasteiger partial charge in [0.2, 0.25) is 11.9 Å². The maximum atomic E-state index is 5.74. The predicted molar refractivity (Wildman–Crippen MR) is 306 cm³/mol. The molecule has 8 nitrogen and oxygen atoms in total. The van der Waals surface area contributed by atoms with Crippen molar-refractivity contribution in [3.8, 4) is 28.8 Å². The van der Waals surface area contributed by atoms with Gasteiger partial charge in [0.1, 0.15) is 22.4 Å². The van der Waals surface area contributed by atoms with Gasteiger partial charge in [0.15, 0.2) is 0 Å². The largest absolute Gasteiger partial charge is 0.311 e. The lowest BCUT2D eigenvalue weighted by molar-refractivity contribution is 0.964. The van der Waals surface area contributed by atoms with Gasteiger partial charge < -0.3 is 9.13 Å². The third-order valence-electron chi connectivity index (χ3n) is 15.5. The molecule has 14 aromatic rings. The van der Waals surface area contributed by atoms with E-state index in [0.717, 1.165) is 119 Å². The molecule has 16 rings (SSSR count). The quantitative estimate of drug-likeness (QED) is 0.166. The van der Waals surface area contributed by atoms with Gasteiger partial charge in [0, 0.05) is 60.0 Å². The Bertz CT molecular complexity index is 4830. The number of nitrogens with zero attached hydrogens (tertiary/aromatic N) is 8. The number of rotatable bonds is 6. The Morgan fingerprint density at radius 3 is 1.50 bits per heavy atom. The van der Waals surface area contributed by atoms with E-state index in [9.17, 15) is 0 Å². The SMILES string of the molecule is C1=CCCC(n2c3ccccc3c3ccc4c5ccccc5n(-c5nc(-c6ccccc6)c6nc(-n7c8ccccc8c8cc9c(cc87)c7ccccc7n9-c7ccccc7)nc(C7=CCCC=C7)c6n5)c4c32)=C1. The van der Waals surface area contributed by atoms with Crippen molar-refractivity contribution < 1.29 is 0 Å². The molecule has 0 saturated heterocycles. The van der Waals surface area contributed by atoms with Crippen molar-refractivity contribution in [1.29, 1.82) is 0 Å². The smallest absolute Gasteiger partial charge is 0.236 e. The van der Waals surface area contributed by atoms with Gasteiger partial charge in [0.25, 0.3) is 0 Å². The molecule has 0 atom stereocenters. The van der Waals surface area contributed by atoms with Gasteiger partial charge in [0.05, 0.1) is 44.1 Å². The van der Waals surface area contributed by atoms with Crippen LogP contribution in [0.2, 0.25) is 0 Å². The van der Waals surface area contributed by atoms with Gasteiger partial charge in [-0.1, -0.05) is 164 Å². The van der Waals surface area contributed by atoms with E-state index >= 15 is 0 Å². The maximum Gasteiger partial charge on any atom is 0.236 e. The summed E-state index contributed by atoms with van der Waals surface area (Å²) >= 11 is 0. The predicted octanol–water partition coefficient (Wildman–Crippen LogP) is 16.4. The summed E-state index contributed by atoms with van der Waals surface area (Å²) in [7, 11) is 0. The highest BCUT2D eigenvalue weighted by atomic mass is 15.2. The van der Waals surface area contributed by atoms with Crippen LogP contribution in [0.25, 0.3) is 138 Å². The Kier molecular flexibility index (Phi) is 8.82. The van der Waals surface area contributed by atoms with E-state index in [-0.39, 0.29) is 0 Å². The third kappa shape index (κ3) is 5.90. The van der Waals surface area contributed by atoms with E-state index in [0.29, 0.717) is 22.9 Å². The molecule has 2 aliphatic rings. The van der Waals surface area contributed by atoms with Crippen LogP contribution >= 0.6 is 0 Å². The Hall–Kier alpha value is -9.66. The van der Waals surface area contributed by atoms with E-state index < -0.39 is 0 Å². The van der Waals surface area contributed by atoms with Crippen LogP contribution in [0.5, 0.6) is 0 Å². The summed E-state index contributed by atoms with van der Waals surface area (Å²) in [5, 5.41) is 9.29. The molecule has 348 valence electrons. The van der Waals surface area contributed by atoms with Crippen molar-refractivity contribution in [3.05, 3.63) is 224 Å². The fourth-order valence-electron chi connectivity index (χ4n) is 12.3. The normalized spacial score (nSPS) is 14.1. The lowest BCUT2D eigenvalue weighted by atomic mass is 10.0. The van der Waals surface area contributed by atoms with Crippen LogP contribution in [0.4, 0.5) is 0 Å². The van der Waals surface area contributed by atoms with Crippen molar-refractivity contribution >= 4 is 110 Å². The van der Waals surface area contributed by atoms with Crippen LogP contribution in [0.1, 0.15) is 31.4 Å². The average molecular weight is 949 g/mol. The highest BCUT2D eigenvalue weighted by Gasteiger charge is 2.27. The van der Waals surface area contributed by atoms with Crippen LogP contribution in [0.3, 0.4) is 0 Å². The molecule has 0 amide bonds. The minimum atomic E-state index is 0.566. The summed E-state index contributed by atoms with van der Waals surface area (Å²) in [5.41, 5.74) is 16.0. The fourth-order valence-corrected chi connectivity index (χ4v) is 12.3. The first-order valence-electron chi connectivity index (χ1n) is 25.6. The van der Waals surface area contributed by atoms with Crippen molar-refractivity contribution in [2.75, 3.05) is 0 Å². The Morgan fingerprint density at radius 1 is 0.365 bits per heavy atom. The molecular formula is C66H44N8. The third-order valence-corrected chi connectivity index (χ3v) is 15.5. The summed E-state index contributed by atoms with van der Waals surface area (Å²) in [6.07, 6.45) is 17.3. The van der Waals surface area contributed by atoms with Crippen LogP contribution < -0.4 is 0 Å². The highest BCUT2D eigenvalue weighted by molar-refractivity contribution is 6.24. The number of benzene rings is 8. The van der Waals surface area contributed by atoms with Crippen molar-refractivity contribution in [2.45, 2.75) is 25.7 Å². The molecule has 0 fully saturated rings. The molecule has 0 unspecified atom stereocenters. The number of allylic oxidation sites excluding steroid dienone is 8. The van der Waals surface area contributed by atoms with Gasteiger partial charge in [-0.3, -0.25) is 9.13 Å². The van der Waals surface area contributed by atoms with E-state index in [1.54, 1.807) is 0 Å². The number of aromatic nitrogens is 8. The zero-order chi connectivity index (χ0) is 48.4. The van der Waals surface area contributed by atoms with Gasteiger partial charge in [-0.05, 0) is 85.9 Å². The lowest BCUT2D eigenvalue weighted by Crippen LogP contribution is -2.10. The molecule has 0 bridgehead atoms. The second kappa shape index (κ2) is 15.9. The Balaban J connectivity index is 1.03. The van der Waals surface area contributed by atoms with E-state index in [4.69, 9.17) is 19.9 Å². The number of hydrogen-bond donors (Lipinski definition) is 0. The van der Waals surface area contributed by atoms with Gasteiger partial charge in [-0.15, -0.1) is 0 Å². The molecular weight excluding hydrogens is 905 g/mol. The molecule has 0 spiro atoms. The van der Waals surface area contributed by atoms with Crippen molar-refractivity contribution in [2.24, 2.45) is 0 Å². The van der Waals surface area contributed by atoms with Crippen molar-refractivity contribution in [1.82, 2.24) is 38.2 Å². The second-order valence-electron chi connectivity index (χ2n) is 19.6. The first kappa shape index (κ1) is 41.0. The summed E-state index contributed by atoms with van der Waals surface area (Å²) in [4.78, 5) is 22.9. The van der Waals surface area contributed by atoms with E-state index in [2.05, 4.69) is 237 Å². The zero-order valence-electron chi connectivity index (χ0n) is 40.2. The first-order valence-corrected chi connectivity index (χ1v) is 25.6. The first-order chi connectivity index (χ1) is 36.7. The van der Waals surface area contributed by atoms with Crippen LogP contribution in [0.15, 0.2) is 218 Å². The number of hydrogen-bond acceptors (Lipinski definition) is 4. The molecule has 6 heterocycles. The van der Waals surface area contributed by atoms with Crippen LogP contribution in [-0.4, -0.2) is 38.2 Å². The Morgan fingerprint density at radius 2 is 0.878 bits per heavy atom. The fraction of sp³-hybridized carbons (Fsp3) is 0.0606. The maximum absolute atomic E-state index is 5.74. The monoisotopic (exact) mass is 948 g/mol. The van der Waals surface area contributed by atoms with Crippen molar-refractivity contribution in [3.63, 3.8) is 0 Å². The minimum absolute atomic E-state index is 0.566. The number of fused-ring (bicyclic) bond motifs is 14.